The molecule has 0 saturated carbocycles. The van der Waals surface area contributed by atoms with Crippen molar-refractivity contribution in [2.24, 2.45) is 7.05 Å². The van der Waals surface area contributed by atoms with Gasteiger partial charge in [-0.15, -0.1) is 0 Å². The molecular formula is C11H21N5O3S. The van der Waals surface area contributed by atoms with Crippen molar-refractivity contribution in [2.45, 2.75) is 25.2 Å². The van der Waals surface area contributed by atoms with Crippen molar-refractivity contribution < 1.29 is 13.2 Å². The van der Waals surface area contributed by atoms with Crippen LogP contribution in [0.5, 0.6) is 0 Å². The highest BCUT2D eigenvalue weighted by atomic mass is 32.2. The molecule has 1 heterocycles. The number of hydrogen-bond acceptors (Lipinski definition) is 5. The molecule has 0 spiro atoms. The van der Waals surface area contributed by atoms with E-state index in [2.05, 4.69) is 9.82 Å². The average Bonchev–Trinajstić information content (AvgIpc) is 2.70. The third-order valence-electron chi connectivity index (χ3n) is 2.86. The lowest BCUT2D eigenvalue weighted by atomic mass is 10.3. The van der Waals surface area contributed by atoms with Crippen molar-refractivity contribution in [2.75, 3.05) is 25.4 Å². The highest BCUT2D eigenvalue weighted by molar-refractivity contribution is 7.89. The topological polar surface area (TPSA) is 110 Å². The minimum atomic E-state index is -3.73. The van der Waals surface area contributed by atoms with Gasteiger partial charge in [0.15, 0.2) is 5.82 Å². The molecule has 1 amide bonds. The first kappa shape index (κ1) is 16.4. The Morgan fingerprint density at radius 2 is 2.05 bits per heavy atom. The Morgan fingerprint density at radius 3 is 2.50 bits per heavy atom. The smallest absolute Gasteiger partial charge is 0.245 e. The van der Waals surface area contributed by atoms with Gasteiger partial charge in [-0.2, -0.15) is 5.10 Å². The van der Waals surface area contributed by atoms with Crippen LogP contribution in [0, 0.1) is 0 Å². The lowest BCUT2D eigenvalue weighted by molar-refractivity contribution is -0.130. The summed E-state index contributed by atoms with van der Waals surface area (Å²) in [5.41, 5.74) is 5.52. The van der Waals surface area contributed by atoms with Crippen molar-refractivity contribution >= 4 is 21.7 Å². The lowest BCUT2D eigenvalue weighted by Gasteiger charge is -2.18. The third-order valence-corrected chi connectivity index (χ3v) is 4.34. The van der Waals surface area contributed by atoms with Gasteiger partial charge in [0.05, 0.1) is 0 Å². The zero-order valence-electron chi connectivity index (χ0n) is 12.0. The van der Waals surface area contributed by atoms with Gasteiger partial charge in [-0.05, 0) is 13.8 Å². The maximum Gasteiger partial charge on any atom is 0.245 e. The van der Waals surface area contributed by atoms with Crippen molar-refractivity contribution in [3.05, 3.63) is 6.20 Å². The van der Waals surface area contributed by atoms with E-state index in [4.69, 9.17) is 5.73 Å². The van der Waals surface area contributed by atoms with Crippen LogP contribution in [0.15, 0.2) is 11.1 Å². The molecule has 0 aliphatic rings. The van der Waals surface area contributed by atoms with E-state index in [9.17, 15) is 13.2 Å². The van der Waals surface area contributed by atoms with Gasteiger partial charge in [0.2, 0.25) is 15.9 Å². The van der Waals surface area contributed by atoms with Crippen LogP contribution in [0.25, 0.3) is 0 Å². The van der Waals surface area contributed by atoms with Crippen LogP contribution in [0.2, 0.25) is 0 Å². The van der Waals surface area contributed by atoms with Crippen LogP contribution >= 0.6 is 0 Å². The number of sulfonamides is 1. The van der Waals surface area contributed by atoms with Gasteiger partial charge in [0, 0.05) is 39.3 Å². The highest BCUT2D eigenvalue weighted by Crippen LogP contribution is 2.14. The largest absolute Gasteiger partial charge is 0.381 e. The van der Waals surface area contributed by atoms with Crippen molar-refractivity contribution in [3.63, 3.8) is 0 Å². The summed E-state index contributed by atoms with van der Waals surface area (Å²) in [7, 11) is -2.15. The number of nitrogens with zero attached hydrogens (tertiary/aromatic N) is 3. The van der Waals surface area contributed by atoms with Crippen LogP contribution < -0.4 is 10.5 Å². The second-order valence-electron chi connectivity index (χ2n) is 4.27. The molecule has 3 N–H and O–H groups in total. The molecule has 1 aromatic rings. The van der Waals surface area contributed by atoms with Crippen molar-refractivity contribution in [3.8, 4) is 0 Å². The van der Waals surface area contributed by atoms with Crippen molar-refractivity contribution in [1.82, 2.24) is 19.4 Å². The van der Waals surface area contributed by atoms with Gasteiger partial charge >= 0.3 is 0 Å². The number of amides is 1. The Labute approximate surface area is 119 Å². The molecule has 0 saturated heterocycles. The Kier molecular flexibility index (Phi) is 5.52. The zero-order valence-corrected chi connectivity index (χ0v) is 12.8. The SMILES string of the molecule is CCN(CC)C(=O)CCNS(=O)(=O)c1cn(C)nc1N. The number of nitrogen functional groups attached to an aromatic ring is 1. The second-order valence-corrected chi connectivity index (χ2v) is 6.00. The molecule has 0 aliphatic heterocycles. The first-order valence-electron chi connectivity index (χ1n) is 6.38. The molecule has 0 unspecified atom stereocenters. The normalized spacial score (nSPS) is 11.6. The Hall–Kier alpha value is -1.61. The van der Waals surface area contributed by atoms with Gasteiger partial charge < -0.3 is 10.6 Å². The summed E-state index contributed by atoms with van der Waals surface area (Å²) in [4.78, 5) is 13.3. The van der Waals surface area contributed by atoms with Gasteiger partial charge in [-0.3, -0.25) is 9.48 Å². The molecule has 20 heavy (non-hydrogen) atoms. The summed E-state index contributed by atoms with van der Waals surface area (Å²) in [6, 6.07) is 0. The number of carbonyl (C=O) groups is 1. The fraction of sp³-hybridized carbons (Fsp3) is 0.636. The van der Waals surface area contributed by atoms with E-state index in [-0.39, 0.29) is 29.6 Å². The fourth-order valence-corrected chi connectivity index (χ4v) is 2.93. The van der Waals surface area contributed by atoms with E-state index in [0.717, 1.165) is 0 Å². The monoisotopic (exact) mass is 303 g/mol. The van der Waals surface area contributed by atoms with Crippen LogP contribution in [-0.4, -0.2) is 48.6 Å². The van der Waals surface area contributed by atoms with E-state index in [1.54, 1.807) is 11.9 Å². The Bertz CT molecular complexity index is 563. The molecule has 0 atom stereocenters. The van der Waals surface area contributed by atoms with Gasteiger partial charge in [-0.25, -0.2) is 13.1 Å². The summed E-state index contributed by atoms with van der Waals surface area (Å²) in [6.45, 7) is 5.01. The Balaban J connectivity index is 2.61. The number of hydrogen-bond donors (Lipinski definition) is 2. The van der Waals surface area contributed by atoms with Gasteiger partial charge in [0.25, 0.3) is 0 Å². The van der Waals surface area contributed by atoms with E-state index in [0.29, 0.717) is 13.1 Å². The second kappa shape index (κ2) is 6.71. The number of aryl methyl sites for hydroxylation is 1. The van der Waals surface area contributed by atoms with Crippen LogP contribution in [0.3, 0.4) is 0 Å². The molecule has 1 aromatic heterocycles. The number of rotatable bonds is 7. The van der Waals surface area contributed by atoms with E-state index in [1.165, 1.54) is 10.9 Å². The molecule has 9 heteroatoms. The van der Waals surface area contributed by atoms with Crippen LogP contribution in [-0.2, 0) is 21.9 Å². The number of nitrogens with one attached hydrogen (secondary N) is 1. The third kappa shape index (κ3) is 3.94. The summed E-state index contributed by atoms with van der Waals surface area (Å²) in [6.07, 6.45) is 1.44. The molecular weight excluding hydrogens is 282 g/mol. The summed E-state index contributed by atoms with van der Waals surface area (Å²) in [5, 5.41) is 3.78. The van der Waals surface area contributed by atoms with E-state index in [1.807, 2.05) is 13.8 Å². The minimum absolute atomic E-state index is 0.0337. The quantitative estimate of drug-likeness (QED) is 0.708. The molecule has 0 bridgehead atoms. The predicted octanol–water partition coefficient (Wildman–Crippen LogP) is -0.461. The number of aromatic nitrogens is 2. The van der Waals surface area contributed by atoms with E-state index < -0.39 is 10.0 Å². The van der Waals surface area contributed by atoms with Crippen LogP contribution in [0.1, 0.15) is 20.3 Å². The van der Waals surface area contributed by atoms with Crippen LogP contribution in [0.4, 0.5) is 5.82 Å². The average molecular weight is 303 g/mol. The first-order chi connectivity index (χ1) is 9.31. The lowest BCUT2D eigenvalue weighted by Crippen LogP contribution is -2.34. The maximum atomic E-state index is 12.0. The molecule has 0 aliphatic carbocycles. The maximum absolute atomic E-state index is 12.0. The summed E-state index contributed by atoms with van der Waals surface area (Å²) < 4.78 is 27.7. The summed E-state index contributed by atoms with van der Waals surface area (Å²) in [5.74, 6) is -0.146. The molecule has 0 fully saturated rings. The molecule has 8 nitrogen and oxygen atoms in total. The number of anilines is 1. The van der Waals surface area contributed by atoms with E-state index >= 15 is 0 Å². The standard InChI is InChI=1S/C11H21N5O3S/c1-4-16(5-2)10(17)6-7-13-20(18,19)9-8-15(3)14-11(9)12/h8,13H,4-7H2,1-3H3,(H2,12,14). The predicted molar refractivity (Wildman–Crippen MR) is 75.4 cm³/mol. The molecule has 0 aromatic carbocycles. The van der Waals surface area contributed by atoms with Crippen molar-refractivity contribution in [1.29, 1.82) is 0 Å². The first-order valence-corrected chi connectivity index (χ1v) is 7.86. The molecule has 1 rings (SSSR count). The fourth-order valence-electron chi connectivity index (χ4n) is 1.80. The zero-order chi connectivity index (χ0) is 15.3. The number of carbonyl (C=O) groups excluding carboxylic acids is 1. The molecule has 114 valence electrons. The minimum Gasteiger partial charge on any atom is -0.381 e. The van der Waals surface area contributed by atoms with Gasteiger partial charge in [-0.1, -0.05) is 0 Å². The Morgan fingerprint density at radius 1 is 1.45 bits per heavy atom. The molecule has 0 radical (unpaired) electrons. The summed E-state index contributed by atoms with van der Waals surface area (Å²) >= 11 is 0. The highest BCUT2D eigenvalue weighted by Gasteiger charge is 2.20. The number of nitrogens with two attached hydrogens (primary N) is 1. The van der Waals surface area contributed by atoms with Gasteiger partial charge in [0.1, 0.15) is 4.90 Å².